The van der Waals surface area contributed by atoms with Crippen LogP contribution in [0.4, 0.5) is 5.69 Å². The largest absolute Gasteiger partial charge is 0.493 e. The van der Waals surface area contributed by atoms with E-state index in [0.29, 0.717) is 11.4 Å². The van der Waals surface area contributed by atoms with Gasteiger partial charge < -0.3 is 14.4 Å². The molecule has 0 spiro atoms. The Bertz CT molecular complexity index is 565. The minimum atomic E-state index is 0.215. The molecular formula is C11H13ClN4O2. The van der Waals surface area contributed by atoms with Gasteiger partial charge in [0, 0.05) is 19.2 Å². The van der Waals surface area contributed by atoms with E-state index in [2.05, 4.69) is 15.0 Å². The zero-order valence-corrected chi connectivity index (χ0v) is 10.7. The van der Waals surface area contributed by atoms with Crippen molar-refractivity contribution in [3.05, 3.63) is 17.5 Å². The van der Waals surface area contributed by atoms with Crippen molar-refractivity contribution in [1.82, 2.24) is 14.6 Å². The smallest absolute Gasteiger partial charge is 0.243 e. The van der Waals surface area contributed by atoms with E-state index in [0.717, 1.165) is 32.0 Å². The fourth-order valence-corrected chi connectivity index (χ4v) is 2.22. The summed E-state index contributed by atoms with van der Waals surface area (Å²) in [5, 5.41) is 4.33. The molecule has 2 aromatic heterocycles. The third-order valence-electron chi connectivity index (χ3n) is 2.96. The summed E-state index contributed by atoms with van der Waals surface area (Å²) < 4.78 is 12.3. The molecule has 0 bridgehead atoms. The number of aromatic nitrogens is 3. The summed E-state index contributed by atoms with van der Waals surface area (Å²) in [5.41, 5.74) is 1.66. The highest BCUT2D eigenvalue weighted by molar-refractivity contribution is 6.28. The van der Waals surface area contributed by atoms with Gasteiger partial charge in [-0.2, -0.15) is 4.98 Å². The maximum absolute atomic E-state index is 5.82. The van der Waals surface area contributed by atoms with Crippen LogP contribution in [0.3, 0.4) is 0 Å². The van der Waals surface area contributed by atoms with E-state index in [1.165, 1.54) is 0 Å². The Labute approximate surface area is 109 Å². The van der Waals surface area contributed by atoms with Crippen LogP contribution in [-0.2, 0) is 4.74 Å². The lowest BCUT2D eigenvalue weighted by atomic mass is 10.3. The number of hydrogen-bond acceptors (Lipinski definition) is 5. The molecule has 0 atom stereocenters. The van der Waals surface area contributed by atoms with Crippen molar-refractivity contribution in [2.75, 3.05) is 38.3 Å². The van der Waals surface area contributed by atoms with Crippen molar-refractivity contribution < 1.29 is 9.47 Å². The Kier molecular flexibility index (Phi) is 2.97. The van der Waals surface area contributed by atoms with Crippen molar-refractivity contribution in [3.8, 4) is 5.75 Å². The summed E-state index contributed by atoms with van der Waals surface area (Å²) in [6, 6.07) is 1.95. The minimum absolute atomic E-state index is 0.215. The Morgan fingerprint density at radius 1 is 1.39 bits per heavy atom. The number of rotatable bonds is 2. The van der Waals surface area contributed by atoms with Gasteiger partial charge in [0.2, 0.25) is 5.28 Å². The molecule has 1 aliphatic rings. The Morgan fingerprint density at radius 2 is 2.17 bits per heavy atom. The summed E-state index contributed by atoms with van der Waals surface area (Å²) in [4.78, 5) is 6.34. The second kappa shape index (κ2) is 4.62. The highest BCUT2D eigenvalue weighted by atomic mass is 35.5. The number of halogens is 1. The number of nitrogens with zero attached hydrogens (tertiary/aromatic N) is 4. The second-order valence-corrected chi connectivity index (χ2v) is 4.35. The lowest BCUT2D eigenvalue weighted by molar-refractivity contribution is 0.122. The monoisotopic (exact) mass is 268 g/mol. The molecule has 0 radical (unpaired) electrons. The molecule has 96 valence electrons. The van der Waals surface area contributed by atoms with Crippen molar-refractivity contribution >= 4 is 22.9 Å². The highest BCUT2D eigenvalue weighted by Crippen LogP contribution is 2.26. The van der Waals surface area contributed by atoms with E-state index in [1.54, 1.807) is 11.6 Å². The average Bonchev–Trinajstić information content (AvgIpc) is 2.78. The Balaban J connectivity index is 2.06. The van der Waals surface area contributed by atoms with Gasteiger partial charge in [-0.25, -0.2) is 4.52 Å². The quantitative estimate of drug-likeness (QED) is 0.820. The second-order valence-electron chi connectivity index (χ2n) is 4.02. The summed E-state index contributed by atoms with van der Waals surface area (Å²) in [5.74, 6) is 0.665. The first-order valence-electron chi connectivity index (χ1n) is 5.70. The van der Waals surface area contributed by atoms with Gasteiger partial charge in [-0.3, -0.25) is 0 Å². The average molecular weight is 269 g/mol. The van der Waals surface area contributed by atoms with Crippen LogP contribution in [0.15, 0.2) is 12.3 Å². The number of ether oxygens (including phenoxy) is 2. The lowest BCUT2D eigenvalue weighted by Gasteiger charge is -2.28. The number of morpholine rings is 1. The molecule has 0 amide bonds. The van der Waals surface area contributed by atoms with Crippen LogP contribution in [0.1, 0.15) is 0 Å². The molecule has 3 rings (SSSR count). The number of methoxy groups -OCH3 is 1. The molecule has 0 aromatic carbocycles. The summed E-state index contributed by atoms with van der Waals surface area (Å²) in [7, 11) is 1.61. The third kappa shape index (κ3) is 1.97. The number of fused-ring (bicyclic) bond motifs is 1. The van der Waals surface area contributed by atoms with Crippen molar-refractivity contribution in [1.29, 1.82) is 0 Å². The molecule has 1 fully saturated rings. The molecule has 0 N–H and O–H groups in total. The van der Waals surface area contributed by atoms with Crippen molar-refractivity contribution in [3.63, 3.8) is 0 Å². The lowest BCUT2D eigenvalue weighted by Crippen LogP contribution is -2.36. The fourth-order valence-electron chi connectivity index (χ4n) is 2.06. The molecule has 7 heteroatoms. The SMILES string of the molecule is COc1cc(N2CCOCC2)cn2nc(Cl)nc12. The van der Waals surface area contributed by atoms with Crippen LogP contribution in [0, 0.1) is 0 Å². The van der Waals surface area contributed by atoms with Gasteiger partial charge in [-0.1, -0.05) is 0 Å². The normalized spacial score (nSPS) is 16.2. The summed E-state index contributed by atoms with van der Waals surface area (Å²) in [6.07, 6.45) is 1.90. The molecule has 3 heterocycles. The standard InChI is InChI=1S/C11H13ClN4O2/c1-17-9-6-8(15-2-4-18-5-3-15)7-16-10(9)13-11(12)14-16/h6-7H,2-5H2,1H3. The van der Waals surface area contributed by atoms with Gasteiger partial charge in [0.25, 0.3) is 0 Å². The summed E-state index contributed by atoms with van der Waals surface area (Å²) >= 11 is 5.82. The van der Waals surface area contributed by atoms with Crippen LogP contribution in [-0.4, -0.2) is 48.0 Å². The fraction of sp³-hybridized carbons (Fsp3) is 0.455. The number of hydrogen-bond donors (Lipinski definition) is 0. The van der Waals surface area contributed by atoms with E-state index in [-0.39, 0.29) is 5.28 Å². The molecule has 2 aromatic rings. The van der Waals surface area contributed by atoms with Crippen LogP contribution < -0.4 is 9.64 Å². The zero-order valence-electron chi connectivity index (χ0n) is 9.97. The zero-order chi connectivity index (χ0) is 12.5. The van der Waals surface area contributed by atoms with Crippen molar-refractivity contribution in [2.24, 2.45) is 0 Å². The van der Waals surface area contributed by atoms with Gasteiger partial charge in [0.15, 0.2) is 11.4 Å². The number of pyridine rings is 1. The van der Waals surface area contributed by atoms with E-state index in [4.69, 9.17) is 21.1 Å². The Hall–Kier alpha value is -1.53. The summed E-state index contributed by atoms with van der Waals surface area (Å²) in [6.45, 7) is 3.19. The predicted octanol–water partition coefficient (Wildman–Crippen LogP) is 1.23. The molecule has 0 saturated carbocycles. The van der Waals surface area contributed by atoms with Crippen LogP contribution >= 0.6 is 11.6 Å². The number of anilines is 1. The van der Waals surface area contributed by atoms with E-state index < -0.39 is 0 Å². The minimum Gasteiger partial charge on any atom is -0.493 e. The first-order valence-corrected chi connectivity index (χ1v) is 6.08. The molecule has 1 saturated heterocycles. The topological polar surface area (TPSA) is 51.9 Å². The van der Waals surface area contributed by atoms with E-state index in [1.807, 2.05) is 12.3 Å². The van der Waals surface area contributed by atoms with Crippen LogP contribution in [0.2, 0.25) is 5.28 Å². The van der Waals surface area contributed by atoms with Gasteiger partial charge in [0.1, 0.15) is 0 Å². The highest BCUT2D eigenvalue weighted by Gasteiger charge is 2.15. The first kappa shape index (κ1) is 11.6. The molecular weight excluding hydrogens is 256 g/mol. The molecule has 18 heavy (non-hydrogen) atoms. The van der Waals surface area contributed by atoms with Gasteiger partial charge in [0.05, 0.1) is 32.2 Å². The maximum atomic E-state index is 5.82. The van der Waals surface area contributed by atoms with E-state index in [9.17, 15) is 0 Å². The molecule has 6 nitrogen and oxygen atoms in total. The van der Waals surface area contributed by atoms with Crippen LogP contribution in [0.25, 0.3) is 5.65 Å². The first-order chi connectivity index (χ1) is 8.78. The molecule has 0 aliphatic carbocycles. The van der Waals surface area contributed by atoms with Gasteiger partial charge in [-0.15, -0.1) is 5.10 Å². The maximum Gasteiger partial charge on any atom is 0.243 e. The predicted molar refractivity (Wildman–Crippen MR) is 67.6 cm³/mol. The van der Waals surface area contributed by atoms with Crippen LogP contribution in [0.5, 0.6) is 5.75 Å². The van der Waals surface area contributed by atoms with Gasteiger partial charge in [-0.05, 0) is 11.6 Å². The van der Waals surface area contributed by atoms with Gasteiger partial charge >= 0.3 is 0 Å². The molecule has 1 aliphatic heterocycles. The van der Waals surface area contributed by atoms with Crippen molar-refractivity contribution in [2.45, 2.75) is 0 Å². The third-order valence-corrected chi connectivity index (χ3v) is 3.12. The molecule has 0 unspecified atom stereocenters. The Morgan fingerprint density at radius 3 is 2.89 bits per heavy atom. The van der Waals surface area contributed by atoms with E-state index >= 15 is 0 Å².